The first kappa shape index (κ1) is 8.96. The molecule has 0 saturated carbocycles. The third-order valence-corrected chi connectivity index (χ3v) is 1.59. The van der Waals surface area contributed by atoms with Crippen LogP contribution in [0, 0.1) is 5.82 Å². The number of rotatable bonds is 2. The summed E-state index contributed by atoms with van der Waals surface area (Å²) in [5.74, 6) is -1.28. The highest BCUT2D eigenvalue weighted by Gasteiger charge is 2.13. The van der Waals surface area contributed by atoms with Crippen molar-refractivity contribution in [1.29, 1.82) is 0 Å². The van der Waals surface area contributed by atoms with Crippen LogP contribution in [0.4, 0.5) is 4.39 Å². The molecule has 1 aromatic carbocycles. The van der Waals surface area contributed by atoms with Gasteiger partial charge in [-0.15, -0.1) is 0 Å². The lowest BCUT2D eigenvalue weighted by Gasteiger charge is -2.09. The third-order valence-electron chi connectivity index (χ3n) is 1.59. The molecule has 0 aliphatic heterocycles. The number of benzene rings is 1. The maximum Gasteiger partial charge on any atom is 0.170 e. The van der Waals surface area contributed by atoms with E-state index >= 15 is 0 Å². The molecular formula is C8H10FNO2. The van der Waals surface area contributed by atoms with Crippen molar-refractivity contribution in [2.24, 2.45) is 5.73 Å². The van der Waals surface area contributed by atoms with Gasteiger partial charge in [-0.25, -0.2) is 4.39 Å². The van der Waals surface area contributed by atoms with Gasteiger partial charge in [-0.3, -0.25) is 0 Å². The number of phenols is 1. The molecule has 0 fully saturated rings. The lowest BCUT2D eigenvalue weighted by atomic mass is 10.1. The average Bonchev–Trinajstić information content (AvgIpc) is 2.08. The zero-order valence-corrected chi connectivity index (χ0v) is 6.37. The monoisotopic (exact) mass is 171 g/mol. The number of phenolic OH excluding ortho intramolecular Hbond substituents is 1. The van der Waals surface area contributed by atoms with Gasteiger partial charge in [0, 0.05) is 12.1 Å². The van der Waals surface area contributed by atoms with Crippen molar-refractivity contribution < 1.29 is 14.6 Å². The van der Waals surface area contributed by atoms with Crippen LogP contribution in [0.25, 0.3) is 0 Å². The lowest BCUT2D eigenvalue weighted by Crippen LogP contribution is -2.12. The molecule has 0 aromatic heterocycles. The van der Waals surface area contributed by atoms with E-state index in [1.165, 1.54) is 18.2 Å². The minimum absolute atomic E-state index is 0.0255. The van der Waals surface area contributed by atoms with Crippen molar-refractivity contribution in [3.63, 3.8) is 0 Å². The summed E-state index contributed by atoms with van der Waals surface area (Å²) < 4.78 is 13.0. The van der Waals surface area contributed by atoms with Crippen LogP contribution >= 0.6 is 0 Å². The summed E-state index contributed by atoms with van der Waals surface area (Å²) in [6, 6.07) is 4.04. The van der Waals surface area contributed by atoms with E-state index in [2.05, 4.69) is 0 Å². The number of nitrogens with two attached hydrogens (primary N) is 1. The number of aliphatic hydroxyl groups excluding tert-OH is 1. The smallest absolute Gasteiger partial charge is 0.170 e. The number of aromatic hydroxyl groups is 1. The predicted molar refractivity (Wildman–Crippen MR) is 42.1 cm³/mol. The number of halogens is 1. The molecular weight excluding hydrogens is 161 g/mol. The van der Waals surface area contributed by atoms with Gasteiger partial charge >= 0.3 is 0 Å². The van der Waals surface area contributed by atoms with Crippen LogP contribution < -0.4 is 5.73 Å². The number of hydrogen-bond donors (Lipinski definition) is 3. The Morgan fingerprint density at radius 1 is 1.50 bits per heavy atom. The first-order chi connectivity index (χ1) is 5.66. The predicted octanol–water partition coefficient (Wildman–Crippen LogP) is 0.523. The van der Waals surface area contributed by atoms with Crippen LogP contribution in [-0.4, -0.2) is 16.8 Å². The van der Waals surface area contributed by atoms with E-state index in [1.807, 2.05) is 0 Å². The Balaban J connectivity index is 3.07. The lowest BCUT2D eigenvalue weighted by molar-refractivity contribution is 0.180. The van der Waals surface area contributed by atoms with Crippen molar-refractivity contribution in [3.8, 4) is 5.75 Å². The van der Waals surface area contributed by atoms with Gasteiger partial charge in [0.15, 0.2) is 11.6 Å². The average molecular weight is 171 g/mol. The largest absolute Gasteiger partial charge is 0.505 e. The molecule has 1 unspecified atom stereocenters. The van der Waals surface area contributed by atoms with Crippen molar-refractivity contribution >= 4 is 0 Å². The van der Waals surface area contributed by atoms with Crippen molar-refractivity contribution in [2.45, 2.75) is 6.10 Å². The molecule has 4 heteroatoms. The quantitative estimate of drug-likeness (QED) is 0.607. The molecule has 0 bridgehead atoms. The third kappa shape index (κ3) is 1.54. The van der Waals surface area contributed by atoms with Crippen LogP contribution in [-0.2, 0) is 0 Å². The summed E-state index contributed by atoms with van der Waals surface area (Å²) in [6.07, 6.45) is -1.06. The van der Waals surface area contributed by atoms with Gasteiger partial charge in [-0.1, -0.05) is 12.1 Å². The molecule has 1 aromatic rings. The van der Waals surface area contributed by atoms with E-state index in [0.29, 0.717) is 0 Å². The highest BCUT2D eigenvalue weighted by Crippen LogP contribution is 2.23. The van der Waals surface area contributed by atoms with E-state index in [1.54, 1.807) is 0 Å². The summed E-state index contributed by atoms with van der Waals surface area (Å²) in [5.41, 5.74) is 5.15. The Morgan fingerprint density at radius 2 is 2.17 bits per heavy atom. The van der Waals surface area contributed by atoms with Crippen molar-refractivity contribution in [1.82, 2.24) is 0 Å². The van der Waals surface area contributed by atoms with E-state index in [-0.39, 0.29) is 12.1 Å². The molecule has 4 N–H and O–H groups in total. The Kier molecular flexibility index (Phi) is 2.62. The zero-order chi connectivity index (χ0) is 9.14. The molecule has 66 valence electrons. The second-order valence-electron chi connectivity index (χ2n) is 2.43. The van der Waals surface area contributed by atoms with Crippen molar-refractivity contribution in [3.05, 3.63) is 29.6 Å². The molecule has 0 amide bonds. The van der Waals surface area contributed by atoms with Gasteiger partial charge in [-0.05, 0) is 6.07 Å². The fourth-order valence-corrected chi connectivity index (χ4v) is 0.921. The topological polar surface area (TPSA) is 66.5 Å². The highest BCUT2D eigenvalue weighted by atomic mass is 19.1. The Bertz CT molecular complexity index is 278. The van der Waals surface area contributed by atoms with E-state index in [4.69, 9.17) is 15.9 Å². The Labute approximate surface area is 69.3 Å². The summed E-state index contributed by atoms with van der Waals surface area (Å²) in [6.45, 7) is -0.0691. The maximum absolute atomic E-state index is 13.0. The number of hydrogen-bond acceptors (Lipinski definition) is 3. The standard InChI is InChI=1S/C8H10FNO2/c9-8-5(7(12)4-10)2-1-3-6(8)11/h1-3,7,11-12H,4,10H2. The van der Waals surface area contributed by atoms with Gasteiger partial charge < -0.3 is 15.9 Å². The summed E-state index contributed by atoms with van der Waals surface area (Å²) in [5, 5.41) is 18.1. The molecule has 0 aliphatic carbocycles. The van der Waals surface area contributed by atoms with Crippen LogP contribution in [0.5, 0.6) is 5.75 Å². The van der Waals surface area contributed by atoms with E-state index in [9.17, 15) is 4.39 Å². The second kappa shape index (κ2) is 3.51. The van der Waals surface area contributed by atoms with E-state index < -0.39 is 17.7 Å². The minimum atomic E-state index is -1.06. The molecule has 0 radical (unpaired) electrons. The van der Waals surface area contributed by atoms with Gasteiger partial charge in [0.1, 0.15) is 0 Å². The molecule has 3 nitrogen and oxygen atoms in total. The van der Waals surface area contributed by atoms with Gasteiger partial charge in [-0.2, -0.15) is 0 Å². The van der Waals surface area contributed by atoms with Crippen LogP contribution in [0.1, 0.15) is 11.7 Å². The normalized spacial score (nSPS) is 12.9. The van der Waals surface area contributed by atoms with Crippen molar-refractivity contribution in [2.75, 3.05) is 6.54 Å². The van der Waals surface area contributed by atoms with Gasteiger partial charge in [0.05, 0.1) is 6.10 Å². The molecule has 0 aliphatic rings. The SMILES string of the molecule is NCC(O)c1cccc(O)c1F. The number of aliphatic hydroxyl groups is 1. The zero-order valence-electron chi connectivity index (χ0n) is 6.37. The van der Waals surface area contributed by atoms with Crippen LogP contribution in [0.3, 0.4) is 0 Å². The van der Waals surface area contributed by atoms with Gasteiger partial charge in [0.2, 0.25) is 0 Å². The maximum atomic E-state index is 13.0. The van der Waals surface area contributed by atoms with E-state index in [0.717, 1.165) is 0 Å². The summed E-state index contributed by atoms with van der Waals surface area (Å²) in [7, 11) is 0. The molecule has 0 saturated heterocycles. The fourth-order valence-electron chi connectivity index (χ4n) is 0.921. The van der Waals surface area contributed by atoms with Crippen LogP contribution in [0.15, 0.2) is 18.2 Å². The Hall–Kier alpha value is -1.13. The molecule has 1 rings (SSSR count). The summed E-state index contributed by atoms with van der Waals surface area (Å²) >= 11 is 0. The molecule has 1 atom stereocenters. The minimum Gasteiger partial charge on any atom is -0.505 e. The fraction of sp³-hybridized carbons (Fsp3) is 0.250. The van der Waals surface area contributed by atoms with Crippen LogP contribution in [0.2, 0.25) is 0 Å². The molecule has 12 heavy (non-hydrogen) atoms. The molecule has 0 spiro atoms. The van der Waals surface area contributed by atoms with Gasteiger partial charge in [0.25, 0.3) is 0 Å². The second-order valence-corrected chi connectivity index (χ2v) is 2.43. The highest BCUT2D eigenvalue weighted by molar-refractivity contribution is 5.31. The summed E-state index contributed by atoms with van der Waals surface area (Å²) in [4.78, 5) is 0. The molecule has 0 heterocycles. The first-order valence-corrected chi connectivity index (χ1v) is 3.52. The first-order valence-electron chi connectivity index (χ1n) is 3.52. The Morgan fingerprint density at radius 3 is 2.75 bits per heavy atom.